The van der Waals surface area contributed by atoms with E-state index < -0.39 is 0 Å². The number of ether oxygens (including phenoxy) is 1. The van der Waals surface area contributed by atoms with Crippen LogP contribution in [0.15, 0.2) is 52.9 Å². The van der Waals surface area contributed by atoms with Gasteiger partial charge in [-0.1, -0.05) is 24.3 Å². The number of nitrogens with zero attached hydrogens (tertiary/aromatic N) is 1. The lowest BCUT2D eigenvalue weighted by molar-refractivity contribution is 0.0998. The fraction of sp³-hybridized carbons (Fsp3) is 0.111. The van der Waals surface area contributed by atoms with Gasteiger partial charge < -0.3 is 14.5 Å². The molecule has 0 bridgehead atoms. The molecule has 1 amide bonds. The first kappa shape index (κ1) is 14.7. The van der Waals surface area contributed by atoms with Crippen molar-refractivity contribution in [2.45, 2.75) is 6.42 Å². The van der Waals surface area contributed by atoms with E-state index >= 15 is 0 Å². The van der Waals surface area contributed by atoms with Crippen LogP contribution in [-0.4, -0.2) is 13.0 Å². The minimum absolute atomic E-state index is 0.214. The Bertz CT molecular complexity index is 889. The summed E-state index contributed by atoms with van der Waals surface area (Å²) in [5.74, 6) is 0.462. The molecule has 0 unspecified atom stereocenters. The Hall–Kier alpha value is -3.26. The number of rotatable bonds is 4. The summed E-state index contributed by atoms with van der Waals surface area (Å²) in [5.41, 5.74) is 2.09. The molecule has 0 aliphatic heterocycles. The second kappa shape index (κ2) is 6.24. The Balaban J connectivity index is 1.82. The molecular weight excluding hydrogens is 292 g/mol. The van der Waals surface area contributed by atoms with Gasteiger partial charge in [0.05, 0.1) is 19.6 Å². The quantitative estimate of drug-likeness (QED) is 0.796. The van der Waals surface area contributed by atoms with Crippen LogP contribution in [-0.2, 0) is 6.42 Å². The van der Waals surface area contributed by atoms with E-state index in [1.165, 1.54) is 0 Å². The smallest absolute Gasteiger partial charge is 0.291 e. The molecule has 0 radical (unpaired) electrons. The highest BCUT2D eigenvalue weighted by atomic mass is 16.5. The minimum Gasteiger partial charge on any atom is -0.493 e. The molecular formula is C18H14N2O3. The van der Waals surface area contributed by atoms with Crippen molar-refractivity contribution in [2.24, 2.45) is 0 Å². The SMILES string of the molecule is COc1cccc2cc(C(=O)Nc3ccc(CC#N)cc3)oc12. The molecule has 0 aliphatic rings. The van der Waals surface area contributed by atoms with Crippen LogP contribution in [0.2, 0.25) is 0 Å². The number of furan rings is 1. The standard InChI is InChI=1S/C18H14N2O3/c1-22-15-4-2-3-13-11-16(23-17(13)15)18(21)20-14-7-5-12(6-8-14)9-10-19/h2-8,11H,9H2,1H3,(H,20,21). The molecule has 0 fully saturated rings. The number of carbonyl (C=O) groups excluding carboxylic acids is 1. The summed E-state index contributed by atoms with van der Waals surface area (Å²) in [6, 6.07) is 16.4. The second-order valence-corrected chi connectivity index (χ2v) is 4.98. The maximum absolute atomic E-state index is 12.3. The average Bonchev–Trinajstić information content (AvgIpc) is 3.01. The van der Waals surface area contributed by atoms with Gasteiger partial charge in [-0.15, -0.1) is 0 Å². The van der Waals surface area contributed by atoms with E-state index in [4.69, 9.17) is 14.4 Å². The van der Waals surface area contributed by atoms with Crippen LogP contribution >= 0.6 is 0 Å². The van der Waals surface area contributed by atoms with Gasteiger partial charge in [-0.05, 0) is 29.8 Å². The predicted molar refractivity (Wildman–Crippen MR) is 86.5 cm³/mol. The minimum atomic E-state index is -0.337. The molecule has 3 aromatic rings. The number of carbonyl (C=O) groups is 1. The number of anilines is 1. The monoisotopic (exact) mass is 306 g/mol. The Morgan fingerprint density at radius 3 is 2.74 bits per heavy atom. The summed E-state index contributed by atoms with van der Waals surface area (Å²) in [7, 11) is 1.56. The number of amides is 1. The second-order valence-electron chi connectivity index (χ2n) is 4.98. The van der Waals surface area contributed by atoms with Crippen LogP contribution in [0.1, 0.15) is 16.1 Å². The van der Waals surface area contributed by atoms with E-state index in [9.17, 15) is 4.79 Å². The van der Waals surface area contributed by atoms with Crippen molar-refractivity contribution in [3.63, 3.8) is 0 Å². The molecule has 5 heteroatoms. The molecule has 1 N–H and O–H groups in total. The molecule has 23 heavy (non-hydrogen) atoms. The van der Waals surface area contributed by atoms with Gasteiger partial charge in [0, 0.05) is 11.1 Å². The van der Waals surface area contributed by atoms with E-state index in [1.807, 2.05) is 12.1 Å². The Labute approximate surface area is 133 Å². The van der Waals surface area contributed by atoms with E-state index in [-0.39, 0.29) is 11.7 Å². The summed E-state index contributed by atoms with van der Waals surface area (Å²) in [5, 5.41) is 12.2. The summed E-state index contributed by atoms with van der Waals surface area (Å²) in [4.78, 5) is 12.3. The Kier molecular flexibility index (Phi) is 3.98. The van der Waals surface area contributed by atoms with Gasteiger partial charge in [0.25, 0.3) is 5.91 Å². The van der Waals surface area contributed by atoms with Gasteiger partial charge in [0.2, 0.25) is 0 Å². The summed E-state index contributed by atoms with van der Waals surface area (Å²) < 4.78 is 10.8. The van der Waals surface area contributed by atoms with Crippen LogP contribution in [0.5, 0.6) is 5.75 Å². The molecule has 2 aromatic carbocycles. The Morgan fingerprint density at radius 1 is 1.26 bits per heavy atom. The number of hydrogen-bond acceptors (Lipinski definition) is 4. The lowest BCUT2D eigenvalue weighted by atomic mass is 10.1. The molecule has 0 spiro atoms. The van der Waals surface area contributed by atoms with Gasteiger partial charge in [0.1, 0.15) is 0 Å². The highest BCUT2D eigenvalue weighted by Gasteiger charge is 2.14. The largest absolute Gasteiger partial charge is 0.493 e. The molecule has 0 saturated heterocycles. The first-order chi connectivity index (χ1) is 11.2. The molecule has 1 aromatic heterocycles. The Morgan fingerprint density at radius 2 is 2.04 bits per heavy atom. The highest BCUT2D eigenvalue weighted by Crippen LogP contribution is 2.28. The predicted octanol–water partition coefficient (Wildman–Crippen LogP) is 3.76. The van der Waals surface area contributed by atoms with Crippen molar-refractivity contribution in [2.75, 3.05) is 12.4 Å². The number of benzene rings is 2. The van der Waals surface area contributed by atoms with Crippen LogP contribution < -0.4 is 10.1 Å². The molecule has 0 aliphatic carbocycles. The maximum Gasteiger partial charge on any atom is 0.291 e. The van der Waals surface area contributed by atoms with Gasteiger partial charge >= 0.3 is 0 Å². The van der Waals surface area contributed by atoms with Crippen molar-refractivity contribution >= 4 is 22.6 Å². The molecule has 5 nitrogen and oxygen atoms in total. The van der Waals surface area contributed by atoms with E-state index in [0.29, 0.717) is 23.4 Å². The lowest BCUT2D eigenvalue weighted by Gasteiger charge is -2.03. The van der Waals surface area contributed by atoms with Crippen LogP contribution in [0, 0.1) is 11.3 Å². The van der Waals surface area contributed by atoms with Gasteiger partial charge in [-0.25, -0.2) is 0 Å². The van der Waals surface area contributed by atoms with E-state index in [1.54, 1.807) is 43.5 Å². The number of nitriles is 1. The summed E-state index contributed by atoms with van der Waals surface area (Å²) >= 11 is 0. The third kappa shape index (κ3) is 3.01. The normalized spacial score (nSPS) is 10.3. The third-order valence-electron chi connectivity index (χ3n) is 3.45. The number of nitrogens with one attached hydrogen (secondary N) is 1. The maximum atomic E-state index is 12.3. The average molecular weight is 306 g/mol. The molecule has 114 valence electrons. The van der Waals surface area contributed by atoms with Crippen molar-refractivity contribution in [1.29, 1.82) is 5.26 Å². The topological polar surface area (TPSA) is 75.3 Å². The highest BCUT2D eigenvalue weighted by molar-refractivity contribution is 6.05. The van der Waals surface area contributed by atoms with Gasteiger partial charge in [-0.2, -0.15) is 5.26 Å². The zero-order valence-electron chi connectivity index (χ0n) is 12.5. The van der Waals surface area contributed by atoms with Crippen molar-refractivity contribution in [3.8, 4) is 11.8 Å². The zero-order valence-corrected chi connectivity index (χ0v) is 12.5. The first-order valence-corrected chi connectivity index (χ1v) is 7.05. The van der Waals surface area contributed by atoms with Crippen molar-refractivity contribution in [1.82, 2.24) is 0 Å². The van der Waals surface area contributed by atoms with Crippen LogP contribution in [0.3, 0.4) is 0 Å². The van der Waals surface area contributed by atoms with E-state index in [0.717, 1.165) is 10.9 Å². The van der Waals surface area contributed by atoms with Crippen molar-refractivity contribution in [3.05, 3.63) is 59.9 Å². The van der Waals surface area contributed by atoms with Crippen LogP contribution in [0.25, 0.3) is 11.0 Å². The number of hydrogen-bond donors (Lipinski definition) is 1. The van der Waals surface area contributed by atoms with Gasteiger partial charge in [0.15, 0.2) is 17.1 Å². The first-order valence-electron chi connectivity index (χ1n) is 7.05. The molecule has 0 atom stereocenters. The van der Waals surface area contributed by atoms with Crippen molar-refractivity contribution < 1.29 is 13.9 Å². The molecule has 3 rings (SSSR count). The number of para-hydroxylation sites is 1. The molecule has 0 saturated carbocycles. The fourth-order valence-corrected chi connectivity index (χ4v) is 2.30. The number of fused-ring (bicyclic) bond motifs is 1. The third-order valence-corrected chi connectivity index (χ3v) is 3.45. The van der Waals surface area contributed by atoms with E-state index in [2.05, 4.69) is 11.4 Å². The van der Waals surface area contributed by atoms with Gasteiger partial charge in [-0.3, -0.25) is 4.79 Å². The zero-order chi connectivity index (χ0) is 16.2. The lowest BCUT2D eigenvalue weighted by Crippen LogP contribution is -2.10. The summed E-state index contributed by atoms with van der Waals surface area (Å²) in [6.45, 7) is 0. The fourth-order valence-electron chi connectivity index (χ4n) is 2.30. The van der Waals surface area contributed by atoms with Crippen LogP contribution in [0.4, 0.5) is 5.69 Å². The number of methoxy groups -OCH3 is 1. The molecule has 1 heterocycles. The summed E-state index contributed by atoms with van der Waals surface area (Å²) in [6.07, 6.45) is 0.345.